The molecule has 0 unspecified atom stereocenters. The Balaban J connectivity index is 2.73. The summed E-state index contributed by atoms with van der Waals surface area (Å²) in [5, 5.41) is 8.62. The van der Waals surface area contributed by atoms with Crippen molar-refractivity contribution in [3.05, 3.63) is 0 Å². The molecule has 1 rings (SSSR count). The highest BCUT2D eigenvalue weighted by molar-refractivity contribution is 5.70. The van der Waals surface area contributed by atoms with Crippen molar-refractivity contribution >= 4 is 6.09 Å². The normalized spacial score (nSPS) is 22.1. The molecule has 1 heterocycles. The molecule has 19 heavy (non-hydrogen) atoms. The van der Waals surface area contributed by atoms with Crippen molar-refractivity contribution in [2.24, 2.45) is 0 Å². The van der Waals surface area contributed by atoms with Crippen LogP contribution in [0.2, 0.25) is 0 Å². The third-order valence-corrected chi connectivity index (χ3v) is 3.52. The van der Waals surface area contributed by atoms with Gasteiger partial charge in [0.25, 0.3) is 0 Å². The molecule has 1 atom stereocenters. The lowest BCUT2D eigenvalue weighted by Gasteiger charge is -2.37. The molecule has 0 bridgehead atoms. The van der Waals surface area contributed by atoms with Crippen LogP contribution in [0.3, 0.4) is 0 Å². The topological polar surface area (TPSA) is 53.3 Å². The molecule has 0 aliphatic carbocycles. The van der Waals surface area contributed by atoms with E-state index in [1.165, 1.54) is 0 Å². The third kappa shape index (κ3) is 4.41. The molecule has 4 heteroatoms. The molecule has 1 amide bonds. The fourth-order valence-electron chi connectivity index (χ4n) is 2.66. The van der Waals surface area contributed by atoms with E-state index < -0.39 is 5.60 Å². The number of likely N-dealkylation sites (tertiary alicyclic amines) is 1. The molecule has 0 aromatic heterocycles. The van der Waals surface area contributed by atoms with Gasteiger partial charge in [0.2, 0.25) is 0 Å². The van der Waals surface area contributed by atoms with Gasteiger partial charge >= 0.3 is 6.09 Å². The lowest BCUT2D eigenvalue weighted by Crippen LogP contribution is -2.49. The molecule has 1 aliphatic rings. The number of unbranched alkanes of at least 4 members (excludes halogenated alkanes) is 1. The molecule has 1 aliphatic heterocycles. The number of carbonyl (C=O) groups is 1. The molecule has 1 fully saturated rings. The van der Waals surface area contributed by atoms with Crippen molar-refractivity contribution in [3.63, 3.8) is 0 Å². The first-order valence-corrected chi connectivity index (χ1v) is 7.06. The highest BCUT2D eigenvalue weighted by atomic mass is 16.6. The molecule has 1 saturated heterocycles. The van der Waals surface area contributed by atoms with Crippen LogP contribution < -0.4 is 0 Å². The van der Waals surface area contributed by atoms with E-state index in [-0.39, 0.29) is 17.7 Å². The van der Waals surface area contributed by atoms with Crippen molar-refractivity contribution in [1.82, 2.24) is 4.90 Å². The molecule has 0 radical (unpaired) electrons. The van der Waals surface area contributed by atoms with Gasteiger partial charge in [0, 0.05) is 18.0 Å². The number of ether oxygens (including phenoxy) is 1. The first-order chi connectivity index (χ1) is 8.67. The fourth-order valence-corrected chi connectivity index (χ4v) is 2.66. The Labute approximate surface area is 116 Å². The Morgan fingerprint density at radius 1 is 1.47 bits per heavy atom. The summed E-state index contributed by atoms with van der Waals surface area (Å²) in [5.74, 6) is 0. The van der Waals surface area contributed by atoms with Crippen LogP contribution in [0.15, 0.2) is 0 Å². The number of hydrogen-bond donors (Lipinski definition) is 0. The van der Waals surface area contributed by atoms with Crippen LogP contribution in [0.1, 0.15) is 66.7 Å². The van der Waals surface area contributed by atoms with Crippen molar-refractivity contribution in [3.8, 4) is 6.07 Å². The summed E-state index contributed by atoms with van der Waals surface area (Å²) < 4.78 is 5.52. The number of nitrogens with zero attached hydrogens (tertiary/aromatic N) is 2. The van der Waals surface area contributed by atoms with Crippen LogP contribution in [0.4, 0.5) is 4.79 Å². The molecular formula is C15H26N2O2. The highest BCUT2D eigenvalue weighted by Crippen LogP contribution is 2.36. The van der Waals surface area contributed by atoms with Gasteiger partial charge in [-0.15, -0.1) is 0 Å². The lowest BCUT2D eigenvalue weighted by molar-refractivity contribution is 0.00291. The average molecular weight is 266 g/mol. The molecule has 0 spiro atoms. The second kappa shape index (κ2) is 5.81. The maximum Gasteiger partial charge on any atom is 0.410 e. The first-order valence-electron chi connectivity index (χ1n) is 7.06. The van der Waals surface area contributed by atoms with Crippen molar-refractivity contribution in [2.45, 2.75) is 83.9 Å². The maximum atomic E-state index is 12.4. The minimum Gasteiger partial charge on any atom is -0.444 e. The highest BCUT2D eigenvalue weighted by Gasteiger charge is 2.43. The fraction of sp³-hybridized carbons (Fsp3) is 0.867. The van der Waals surface area contributed by atoms with Crippen LogP contribution in [0.5, 0.6) is 0 Å². The zero-order valence-electron chi connectivity index (χ0n) is 12.8. The second-order valence-electron chi connectivity index (χ2n) is 6.91. The quantitative estimate of drug-likeness (QED) is 0.729. The number of nitriles is 1. The molecule has 4 nitrogen and oxygen atoms in total. The summed E-state index contributed by atoms with van der Waals surface area (Å²) in [4.78, 5) is 14.2. The molecule has 0 N–H and O–H groups in total. The second-order valence-corrected chi connectivity index (χ2v) is 6.91. The molecule has 0 aromatic carbocycles. The van der Waals surface area contributed by atoms with Crippen molar-refractivity contribution in [2.75, 3.05) is 0 Å². The Morgan fingerprint density at radius 3 is 2.63 bits per heavy atom. The predicted molar refractivity (Wildman–Crippen MR) is 74.6 cm³/mol. The van der Waals surface area contributed by atoms with Gasteiger partial charge in [0.05, 0.1) is 6.07 Å². The Morgan fingerprint density at radius 2 is 2.11 bits per heavy atom. The summed E-state index contributed by atoms with van der Waals surface area (Å²) in [5.41, 5.74) is -0.618. The maximum absolute atomic E-state index is 12.4. The van der Waals surface area contributed by atoms with E-state index >= 15 is 0 Å². The van der Waals surface area contributed by atoms with Crippen molar-refractivity contribution < 1.29 is 9.53 Å². The first kappa shape index (κ1) is 15.8. The van der Waals surface area contributed by atoms with Gasteiger partial charge in [-0.2, -0.15) is 5.26 Å². The SMILES string of the molecule is CC(C)(C)OC(=O)N1[C@@H](CCCC#N)CCC1(C)C. The van der Waals surface area contributed by atoms with E-state index in [2.05, 4.69) is 19.9 Å². The minimum atomic E-state index is -0.465. The number of amides is 1. The Hall–Kier alpha value is -1.24. The molecular weight excluding hydrogens is 240 g/mol. The van der Waals surface area contributed by atoms with Gasteiger partial charge in [0.1, 0.15) is 5.60 Å². The van der Waals surface area contributed by atoms with Crippen LogP contribution >= 0.6 is 0 Å². The summed E-state index contributed by atoms with van der Waals surface area (Å²) >= 11 is 0. The van der Waals surface area contributed by atoms with Crippen LogP contribution in [0.25, 0.3) is 0 Å². The number of carbonyl (C=O) groups excluding carboxylic acids is 1. The minimum absolute atomic E-state index is 0.153. The van der Waals surface area contributed by atoms with Gasteiger partial charge < -0.3 is 9.64 Å². The van der Waals surface area contributed by atoms with E-state index in [0.717, 1.165) is 25.7 Å². The zero-order chi connectivity index (χ0) is 14.7. The van der Waals surface area contributed by atoms with Crippen LogP contribution in [0, 0.1) is 11.3 Å². The summed E-state index contributed by atoms with van der Waals surface area (Å²) in [7, 11) is 0. The summed E-state index contributed by atoms with van der Waals surface area (Å²) in [6.07, 6.45) is 4.05. The largest absolute Gasteiger partial charge is 0.444 e. The van der Waals surface area contributed by atoms with Gasteiger partial charge in [-0.3, -0.25) is 0 Å². The van der Waals surface area contributed by atoms with Gasteiger partial charge in [0.15, 0.2) is 0 Å². The van der Waals surface area contributed by atoms with E-state index in [9.17, 15) is 4.79 Å². The van der Waals surface area contributed by atoms with Crippen LogP contribution in [-0.2, 0) is 4.74 Å². The number of rotatable bonds is 3. The molecule has 0 aromatic rings. The zero-order valence-corrected chi connectivity index (χ0v) is 12.8. The van der Waals surface area contributed by atoms with E-state index in [1.54, 1.807) is 0 Å². The Kier molecular flexibility index (Phi) is 4.84. The van der Waals surface area contributed by atoms with E-state index in [0.29, 0.717) is 6.42 Å². The van der Waals surface area contributed by atoms with Gasteiger partial charge in [-0.05, 0) is 60.3 Å². The summed E-state index contributed by atoms with van der Waals surface area (Å²) in [6.45, 7) is 9.83. The smallest absolute Gasteiger partial charge is 0.410 e. The standard InChI is InChI=1S/C15H26N2O2/c1-14(2,3)19-13(18)17-12(8-6-7-11-16)9-10-15(17,4)5/h12H,6-10H2,1-5H3/t12-/m0/s1. The average Bonchev–Trinajstić information content (AvgIpc) is 2.52. The monoisotopic (exact) mass is 266 g/mol. The van der Waals surface area contributed by atoms with Gasteiger partial charge in [-0.25, -0.2) is 4.79 Å². The van der Waals surface area contributed by atoms with E-state index in [4.69, 9.17) is 10.00 Å². The number of hydrogen-bond acceptors (Lipinski definition) is 3. The molecule has 108 valence electrons. The Bertz CT molecular complexity index is 363. The predicted octanol–water partition coefficient (Wildman–Crippen LogP) is 3.86. The summed E-state index contributed by atoms with van der Waals surface area (Å²) in [6, 6.07) is 2.37. The third-order valence-electron chi connectivity index (χ3n) is 3.52. The van der Waals surface area contributed by atoms with E-state index in [1.807, 2.05) is 25.7 Å². The van der Waals surface area contributed by atoms with Gasteiger partial charge in [-0.1, -0.05) is 0 Å². The lowest BCUT2D eigenvalue weighted by atomic mass is 10.0. The van der Waals surface area contributed by atoms with Crippen LogP contribution in [-0.4, -0.2) is 28.2 Å². The van der Waals surface area contributed by atoms with Crippen molar-refractivity contribution in [1.29, 1.82) is 5.26 Å². The molecule has 0 saturated carbocycles.